The average molecular weight is 428 g/mol. The van der Waals surface area contributed by atoms with Gasteiger partial charge in [0.25, 0.3) is 11.6 Å². The third kappa shape index (κ3) is 5.21. The van der Waals surface area contributed by atoms with Gasteiger partial charge >= 0.3 is 0 Å². The number of nitrogens with one attached hydrogen (secondary N) is 1. The number of non-ortho nitro benzene ring substituents is 1. The van der Waals surface area contributed by atoms with Crippen molar-refractivity contribution in [3.8, 4) is 5.75 Å². The van der Waals surface area contributed by atoms with Gasteiger partial charge in [-0.1, -0.05) is 18.2 Å². The maximum atomic E-state index is 12.7. The molecule has 1 fully saturated rings. The minimum atomic E-state index is -1.04. The molecule has 2 aromatic rings. The average Bonchev–Trinajstić information content (AvgIpc) is 2.76. The normalized spacial score (nSPS) is 23.4. The predicted molar refractivity (Wildman–Crippen MR) is 117 cm³/mol. The van der Waals surface area contributed by atoms with Crippen LogP contribution < -0.4 is 10.1 Å². The van der Waals surface area contributed by atoms with Gasteiger partial charge in [-0.2, -0.15) is 0 Å². The molecule has 8 nitrogen and oxygen atoms in total. The molecule has 1 amide bonds. The second kappa shape index (κ2) is 9.45. The number of hydrogen-bond acceptors (Lipinski definition) is 6. The van der Waals surface area contributed by atoms with E-state index in [4.69, 9.17) is 4.74 Å². The van der Waals surface area contributed by atoms with Crippen LogP contribution in [0.1, 0.15) is 35.2 Å². The third-order valence-corrected chi connectivity index (χ3v) is 5.93. The van der Waals surface area contributed by atoms with E-state index in [1.807, 2.05) is 43.3 Å². The van der Waals surface area contributed by atoms with Crippen LogP contribution in [-0.4, -0.2) is 54.6 Å². The Bertz CT molecular complexity index is 948. The van der Waals surface area contributed by atoms with Crippen molar-refractivity contribution in [2.45, 2.75) is 30.9 Å². The standard InChI is InChI=1S/C23H29N3O5/c1-25(2)15-18-13-19(24-22(27)16-6-4-8-20(12-16)26(29)30)10-11-23(18,28)17-7-5-9-21(14-17)31-3/h4-9,12,14,18-19,28H,10-11,13,15H2,1-3H3,(H,24,27). The highest BCUT2D eigenvalue weighted by Crippen LogP contribution is 2.43. The Hall–Kier alpha value is -2.97. The number of ether oxygens (including phenoxy) is 1. The SMILES string of the molecule is COc1cccc(C2(O)CCC(NC(=O)c3cccc([N+](=O)[O-])c3)CC2CN(C)C)c1. The topological polar surface area (TPSA) is 105 Å². The van der Waals surface area contributed by atoms with Crippen molar-refractivity contribution in [1.82, 2.24) is 10.2 Å². The summed E-state index contributed by atoms with van der Waals surface area (Å²) in [6, 6.07) is 13.1. The minimum absolute atomic E-state index is 0.112. The van der Waals surface area contributed by atoms with E-state index in [9.17, 15) is 20.0 Å². The zero-order valence-electron chi connectivity index (χ0n) is 18.1. The molecule has 0 aliphatic heterocycles. The lowest BCUT2D eigenvalue weighted by molar-refractivity contribution is -0.384. The first-order chi connectivity index (χ1) is 14.7. The van der Waals surface area contributed by atoms with E-state index < -0.39 is 10.5 Å². The molecule has 1 aliphatic carbocycles. The van der Waals surface area contributed by atoms with E-state index >= 15 is 0 Å². The van der Waals surface area contributed by atoms with Crippen LogP contribution in [0, 0.1) is 16.0 Å². The molecule has 0 spiro atoms. The second-order valence-corrected chi connectivity index (χ2v) is 8.37. The number of nitrogens with zero attached hydrogens (tertiary/aromatic N) is 2. The number of nitro benzene ring substituents is 1. The summed E-state index contributed by atoms with van der Waals surface area (Å²) in [5.41, 5.74) is -0.0886. The summed E-state index contributed by atoms with van der Waals surface area (Å²) in [5, 5.41) is 25.7. The fraction of sp³-hybridized carbons (Fsp3) is 0.435. The summed E-state index contributed by atoms with van der Waals surface area (Å²) in [7, 11) is 5.51. The van der Waals surface area contributed by atoms with Crippen molar-refractivity contribution in [3.05, 3.63) is 69.8 Å². The molecule has 8 heteroatoms. The minimum Gasteiger partial charge on any atom is -0.497 e. The molecule has 0 bridgehead atoms. The Morgan fingerprint density at radius 1 is 1.29 bits per heavy atom. The van der Waals surface area contributed by atoms with E-state index in [0.29, 0.717) is 31.6 Å². The van der Waals surface area contributed by atoms with Gasteiger partial charge in [0, 0.05) is 36.2 Å². The van der Waals surface area contributed by atoms with E-state index in [0.717, 1.165) is 5.56 Å². The van der Waals surface area contributed by atoms with Gasteiger partial charge in [0.05, 0.1) is 17.6 Å². The molecule has 166 valence electrons. The van der Waals surface area contributed by atoms with Crippen molar-refractivity contribution < 1.29 is 19.6 Å². The van der Waals surface area contributed by atoms with Crippen LogP contribution >= 0.6 is 0 Å². The Labute approximate surface area is 182 Å². The second-order valence-electron chi connectivity index (χ2n) is 8.37. The van der Waals surface area contributed by atoms with Gasteiger partial charge in [0.1, 0.15) is 5.75 Å². The van der Waals surface area contributed by atoms with Gasteiger partial charge in [-0.3, -0.25) is 14.9 Å². The summed E-state index contributed by atoms with van der Waals surface area (Å²) in [6.07, 6.45) is 1.67. The Morgan fingerprint density at radius 3 is 2.71 bits per heavy atom. The van der Waals surface area contributed by atoms with Crippen LogP contribution in [0.2, 0.25) is 0 Å². The molecule has 0 heterocycles. The first kappa shape index (κ1) is 22.7. The summed E-state index contributed by atoms with van der Waals surface area (Å²) in [5.74, 6) is 0.235. The number of methoxy groups -OCH3 is 1. The lowest BCUT2D eigenvalue weighted by atomic mass is 9.69. The van der Waals surface area contributed by atoms with Crippen LogP contribution in [0.15, 0.2) is 48.5 Å². The maximum Gasteiger partial charge on any atom is 0.270 e. The molecule has 0 aromatic heterocycles. The van der Waals surface area contributed by atoms with Crippen molar-refractivity contribution >= 4 is 11.6 Å². The van der Waals surface area contributed by atoms with Crippen LogP contribution in [0.3, 0.4) is 0 Å². The number of benzene rings is 2. The molecular formula is C23H29N3O5. The molecule has 0 radical (unpaired) electrons. The fourth-order valence-electron chi connectivity index (χ4n) is 4.35. The number of aliphatic hydroxyl groups is 1. The molecule has 1 aliphatic rings. The molecule has 2 N–H and O–H groups in total. The Morgan fingerprint density at radius 2 is 2.03 bits per heavy atom. The molecule has 3 unspecified atom stereocenters. The van der Waals surface area contributed by atoms with Crippen LogP contribution in [0.5, 0.6) is 5.75 Å². The smallest absolute Gasteiger partial charge is 0.270 e. The number of hydrogen-bond donors (Lipinski definition) is 2. The van der Waals surface area contributed by atoms with Gasteiger partial charge in [-0.05, 0) is 57.1 Å². The monoisotopic (exact) mass is 427 g/mol. The van der Waals surface area contributed by atoms with E-state index in [1.54, 1.807) is 13.2 Å². The highest BCUT2D eigenvalue weighted by atomic mass is 16.6. The summed E-state index contributed by atoms with van der Waals surface area (Å²) >= 11 is 0. The summed E-state index contributed by atoms with van der Waals surface area (Å²) < 4.78 is 5.33. The van der Waals surface area contributed by atoms with Crippen LogP contribution in [0.4, 0.5) is 5.69 Å². The van der Waals surface area contributed by atoms with Gasteiger partial charge < -0.3 is 20.1 Å². The van der Waals surface area contributed by atoms with Gasteiger partial charge in [0.15, 0.2) is 0 Å². The van der Waals surface area contributed by atoms with Crippen molar-refractivity contribution in [3.63, 3.8) is 0 Å². The third-order valence-electron chi connectivity index (χ3n) is 5.93. The number of nitro groups is 1. The Kier molecular flexibility index (Phi) is 6.92. The first-order valence-corrected chi connectivity index (χ1v) is 10.3. The summed E-state index contributed by atoms with van der Waals surface area (Å²) in [4.78, 5) is 25.2. The fourth-order valence-corrected chi connectivity index (χ4v) is 4.35. The number of rotatable bonds is 7. The van der Waals surface area contributed by atoms with Crippen molar-refractivity contribution in [1.29, 1.82) is 0 Å². The zero-order chi connectivity index (χ0) is 22.6. The van der Waals surface area contributed by atoms with Crippen LogP contribution in [0.25, 0.3) is 0 Å². The lowest BCUT2D eigenvalue weighted by Crippen LogP contribution is -2.50. The highest BCUT2D eigenvalue weighted by molar-refractivity contribution is 5.95. The van der Waals surface area contributed by atoms with Gasteiger partial charge in [0.2, 0.25) is 0 Å². The maximum absolute atomic E-state index is 12.7. The number of amides is 1. The molecular weight excluding hydrogens is 398 g/mol. The van der Waals surface area contributed by atoms with Crippen molar-refractivity contribution in [2.24, 2.45) is 5.92 Å². The Balaban J connectivity index is 1.78. The lowest BCUT2D eigenvalue weighted by Gasteiger charge is -2.44. The van der Waals surface area contributed by atoms with Gasteiger partial charge in [-0.25, -0.2) is 0 Å². The first-order valence-electron chi connectivity index (χ1n) is 10.3. The zero-order valence-corrected chi connectivity index (χ0v) is 18.1. The quantitative estimate of drug-likeness (QED) is 0.520. The van der Waals surface area contributed by atoms with E-state index in [2.05, 4.69) is 5.32 Å². The molecule has 3 rings (SSSR count). The van der Waals surface area contributed by atoms with Crippen LogP contribution in [-0.2, 0) is 5.60 Å². The molecule has 31 heavy (non-hydrogen) atoms. The molecule has 1 saturated carbocycles. The molecule has 0 saturated heterocycles. The number of carbonyl (C=O) groups is 1. The van der Waals surface area contributed by atoms with Crippen molar-refractivity contribution in [2.75, 3.05) is 27.7 Å². The predicted octanol–water partition coefficient (Wildman–Crippen LogP) is 2.95. The summed E-state index contributed by atoms with van der Waals surface area (Å²) in [6.45, 7) is 0.650. The van der Waals surface area contributed by atoms with E-state index in [1.165, 1.54) is 18.2 Å². The molecule has 3 atom stereocenters. The molecule has 2 aromatic carbocycles. The largest absolute Gasteiger partial charge is 0.497 e. The van der Waals surface area contributed by atoms with E-state index in [-0.39, 0.29) is 29.1 Å². The highest BCUT2D eigenvalue weighted by Gasteiger charge is 2.44. The number of carbonyl (C=O) groups excluding carboxylic acids is 1. The van der Waals surface area contributed by atoms with Gasteiger partial charge in [-0.15, -0.1) is 0 Å².